The second-order valence-electron chi connectivity index (χ2n) is 6.53. The van der Waals surface area contributed by atoms with Crippen LogP contribution in [-0.4, -0.2) is 13.2 Å². The van der Waals surface area contributed by atoms with E-state index in [2.05, 4.69) is 52.2 Å². The Labute approximate surface area is 122 Å². The third kappa shape index (κ3) is 2.70. The largest absolute Gasteiger partial charge is 0.488 e. The van der Waals surface area contributed by atoms with Gasteiger partial charge in [-0.3, -0.25) is 0 Å². The molecular formula is C17H27NO2. The molecule has 3 heteroatoms. The minimum Gasteiger partial charge on any atom is -0.488 e. The van der Waals surface area contributed by atoms with Gasteiger partial charge in [0.1, 0.15) is 11.9 Å². The van der Waals surface area contributed by atoms with Gasteiger partial charge >= 0.3 is 0 Å². The first-order valence-corrected chi connectivity index (χ1v) is 7.54. The van der Waals surface area contributed by atoms with Crippen molar-refractivity contribution in [2.45, 2.75) is 65.0 Å². The van der Waals surface area contributed by atoms with Gasteiger partial charge in [-0.25, -0.2) is 0 Å². The highest BCUT2D eigenvalue weighted by atomic mass is 16.6. The molecule has 0 amide bonds. The maximum absolute atomic E-state index is 6.24. The number of fused-ring (bicyclic) bond motifs is 1. The summed E-state index contributed by atoms with van der Waals surface area (Å²) in [5.74, 6) is 1.05. The average Bonchev–Trinajstić information content (AvgIpc) is 2.75. The minimum atomic E-state index is 0.0789. The maximum Gasteiger partial charge on any atom is 0.128 e. The van der Waals surface area contributed by atoms with Gasteiger partial charge in [-0.1, -0.05) is 46.8 Å². The molecule has 2 unspecified atom stereocenters. The van der Waals surface area contributed by atoms with Crippen LogP contribution in [0.25, 0.3) is 0 Å². The Balaban J connectivity index is 2.55. The smallest absolute Gasteiger partial charge is 0.128 e. The van der Waals surface area contributed by atoms with E-state index in [1.165, 1.54) is 16.7 Å². The molecule has 0 saturated heterocycles. The molecule has 0 aromatic heterocycles. The highest BCUT2D eigenvalue weighted by Crippen LogP contribution is 2.45. The molecule has 1 aliphatic rings. The van der Waals surface area contributed by atoms with Gasteiger partial charge in [0.15, 0.2) is 0 Å². The van der Waals surface area contributed by atoms with Crippen molar-refractivity contribution in [1.82, 2.24) is 5.48 Å². The van der Waals surface area contributed by atoms with Crippen LogP contribution in [0.1, 0.15) is 63.8 Å². The van der Waals surface area contributed by atoms with Crippen molar-refractivity contribution in [2.24, 2.45) is 0 Å². The zero-order valence-electron chi connectivity index (χ0n) is 13.5. The topological polar surface area (TPSA) is 30.5 Å². The van der Waals surface area contributed by atoms with Crippen molar-refractivity contribution >= 4 is 0 Å². The number of hydroxylamine groups is 1. The van der Waals surface area contributed by atoms with E-state index in [1.54, 1.807) is 7.11 Å². The molecule has 0 aliphatic carbocycles. The molecule has 1 aromatic carbocycles. The van der Waals surface area contributed by atoms with Gasteiger partial charge in [-0.2, -0.15) is 5.48 Å². The second-order valence-corrected chi connectivity index (χ2v) is 6.53. The molecule has 1 N–H and O–H groups in total. The second kappa shape index (κ2) is 5.74. The molecule has 2 atom stereocenters. The quantitative estimate of drug-likeness (QED) is 0.846. The maximum atomic E-state index is 6.24. The lowest BCUT2D eigenvalue weighted by Gasteiger charge is -2.23. The fraction of sp³-hybridized carbons (Fsp3) is 0.647. The number of benzene rings is 1. The standard InChI is InChI=1S/C17H27NO2/c1-7-11-9-12-15(18-19-6)14(8-2)20-16(12)13(10-11)17(3,4)5/h9-10,14-15,18H,7-8H2,1-6H3. The van der Waals surface area contributed by atoms with Gasteiger partial charge < -0.3 is 9.57 Å². The molecular weight excluding hydrogens is 250 g/mol. The van der Waals surface area contributed by atoms with Crippen LogP contribution >= 0.6 is 0 Å². The van der Waals surface area contributed by atoms with Gasteiger partial charge in [0.2, 0.25) is 0 Å². The molecule has 1 heterocycles. The first-order chi connectivity index (χ1) is 9.42. The minimum absolute atomic E-state index is 0.0789. The lowest BCUT2D eigenvalue weighted by Crippen LogP contribution is -2.29. The first kappa shape index (κ1) is 15.3. The summed E-state index contributed by atoms with van der Waals surface area (Å²) in [6, 6.07) is 4.67. The van der Waals surface area contributed by atoms with E-state index in [9.17, 15) is 0 Å². The summed E-state index contributed by atoms with van der Waals surface area (Å²) in [6.07, 6.45) is 2.13. The Bertz CT molecular complexity index is 477. The van der Waals surface area contributed by atoms with Gasteiger partial charge in [-0.15, -0.1) is 0 Å². The summed E-state index contributed by atoms with van der Waals surface area (Å²) < 4.78 is 6.24. The highest BCUT2D eigenvalue weighted by molar-refractivity contribution is 5.52. The molecule has 1 aromatic rings. The number of aryl methyl sites for hydroxylation is 1. The number of ether oxygens (including phenoxy) is 1. The Kier molecular flexibility index (Phi) is 4.40. The fourth-order valence-corrected chi connectivity index (χ4v) is 2.84. The summed E-state index contributed by atoms with van der Waals surface area (Å²) in [6.45, 7) is 11.1. The van der Waals surface area contributed by atoms with E-state index >= 15 is 0 Å². The van der Waals surface area contributed by atoms with Crippen molar-refractivity contribution in [3.63, 3.8) is 0 Å². The Hall–Kier alpha value is -1.06. The molecule has 0 spiro atoms. The third-order valence-corrected chi connectivity index (χ3v) is 4.02. The van der Waals surface area contributed by atoms with Gasteiger partial charge in [0.05, 0.1) is 13.2 Å². The van der Waals surface area contributed by atoms with Crippen LogP contribution in [0.5, 0.6) is 5.75 Å². The summed E-state index contributed by atoms with van der Waals surface area (Å²) in [4.78, 5) is 5.18. The van der Waals surface area contributed by atoms with Crippen molar-refractivity contribution in [1.29, 1.82) is 0 Å². The van der Waals surface area contributed by atoms with Crippen LogP contribution in [0.2, 0.25) is 0 Å². The summed E-state index contributed by atoms with van der Waals surface area (Å²) in [5.41, 5.74) is 7.08. The lowest BCUT2D eigenvalue weighted by atomic mass is 9.83. The van der Waals surface area contributed by atoms with E-state index in [0.717, 1.165) is 18.6 Å². The van der Waals surface area contributed by atoms with E-state index in [1.807, 2.05) is 0 Å². The molecule has 0 radical (unpaired) electrons. The highest BCUT2D eigenvalue weighted by Gasteiger charge is 2.37. The van der Waals surface area contributed by atoms with Crippen LogP contribution in [0.4, 0.5) is 0 Å². The van der Waals surface area contributed by atoms with Crippen molar-refractivity contribution in [2.75, 3.05) is 7.11 Å². The van der Waals surface area contributed by atoms with Gasteiger partial charge in [0.25, 0.3) is 0 Å². The van der Waals surface area contributed by atoms with E-state index in [-0.39, 0.29) is 17.6 Å². The summed E-state index contributed by atoms with van der Waals surface area (Å²) in [5, 5.41) is 0. The van der Waals surface area contributed by atoms with E-state index in [4.69, 9.17) is 9.57 Å². The number of nitrogens with one attached hydrogen (secondary N) is 1. The number of rotatable bonds is 4. The molecule has 0 saturated carbocycles. The van der Waals surface area contributed by atoms with Crippen molar-refractivity contribution < 1.29 is 9.57 Å². The first-order valence-electron chi connectivity index (χ1n) is 7.54. The van der Waals surface area contributed by atoms with Crippen molar-refractivity contribution in [3.05, 3.63) is 28.8 Å². The normalized spacial score (nSPS) is 21.7. The molecule has 0 bridgehead atoms. The molecule has 1 aliphatic heterocycles. The molecule has 0 fully saturated rings. The Morgan fingerprint density at radius 2 is 1.95 bits per heavy atom. The zero-order chi connectivity index (χ0) is 14.9. The van der Waals surface area contributed by atoms with Crippen molar-refractivity contribution in [3.8, 4) is 5.75 Å². The third-order valence-electron chi connectivity index (χ3n) is 4.02. The van der Waals surface area contributed by atoms with Crippen LogP contribution in [0.3, 0.4) is 0 Å². The lowest BCUT2D eigenvalue weighted by molar-refractivity contribution is 0.0281. The molecule has 20 heavy (non-hydrogen) atoms. The summed E-state index contributed by atoms with van der Waals surface area (Å²) in [7, 11) is 1.67. The average molecular weight is 277 g/mol. The zero-order valence-corrected chi connectivity index (χ0v) is 13.5. The van der Waals surface area contributed by atoms with Gasteiger partial charge in [-0.05, 0) is 23.8 Å². The predicted molar refractivity (Wildman–Crippen MR) is 82.1 cm³/mol. The molecule has 112 valence electrons. The van der Waals surface area contributed by atoms with Crippen LogP contribution in [-0.2, 0) is 16.7 Å². The Morgan fingerprint density at radius 1 is 1.25 bits per heavy atom. The fourth-order valence-electron chi connectivity index (χ4n) is 2.84. The Morgan fingerprint density at radius 3 is 2.45 bits per heavy atom. The predicted octanol–water partition coefficient (Wildman–Crippen LogP) is 3.91. The molecule has 2 rings (SSSR count). The van der Waals surface area contributed by atoms with E-state index in [0.29, 0.717) is 0 Å². The summed E-state index contributed by atoms with van der Waals surface area (Å²) >= 11 is 0. The van der Waals surface area contributed by atoms with Crippen LogP contribution in [0.15, 0.2) is 12.1 Å². The monoisotopic (exact) mass is 277 g/mol. The SMILES string of the molecule is CCc1cc2c(c(C(C)(C)C)c1)OC(CC)C2NOC. The van der Waals surface area contributed by atoms with Crippen LogP contribution in [0, 0.1) is 0 Å². The van der Waals surface area contributed by atoms with Crippen LogP contribution < -0.4 is 10.2 Å². The van der Waals surface area contributed by atoms with E-state index < -0.39 is 0 Å². The van der Waals surface area contributed by atoms with Gasteiger partial charge in [0, 0.05) is 11.1 Å². The number of hydrogen-bond acceptors (Lipinski definition) is 3. The molecule has 3 nitrogen and oxygen atoms in total. The number of hydrogen-bond donors (Lipinski definition) is 1.